The molecule has 0 fully saturated rings. The number of rotatable bonds is 6. The highest BCUT2D eigenvalue weighted by Crippen LogP contribution is 2.27. The fraction of sp³-hybridized carbons (Fsp3) is 0.385. The van der Waals surface area contributed by atoms with Gasteiger partial charge in [0, 0.05) is 23.5 Å². The first-order valence-corrected chi connectivity index (χ1v) is 9.00. The molecule has 21 heavy (non-hydrogen) atoms. The molecule has 5 nitrogen and oxygen atoms in total. The molecule has 0 aliphatic heterocycles. The second-order valence-corrected chi connectivity index (χ2v) is 8.09. The van der Waals surface area contributed by atoms with Gasteiger partial charge >= 0.3 is 0 Å². The summed E-state index contributed by atoms with van der Waals surface area (Å²) in [5.41, 5.74) is 0.659. The van der Waals surface area contributed by atoms with Crippen LogP contribution < -0.4 is 10.0 Å². The Labute approximate surface area is 133 Å². The van der Waals surface area contributed by atoms with Crippen molar-refractivity contribution < 1.29 is 12.8 Å². The third-order valence-corrected chi connectivity index (χ3v) is 5.84. The summed E-state index contributed by atoms with van der Waals surface area (Å²) in [5, 5.41) is 2.96. The maximum Gasteiger partial charge on any atom is 0.244 e. The van der Waals surface area contributed by atoms with Gasteiger partial charge in [-0.3, -0.25) is 0 Å². The van der Waals surface area contributed by atoms with E-state index in [-0.39, 0.29) is 11.4 Å². The third kappa shape index (κ3) is 3.67. The lowest BCUT2D eigenvalue weighted by Crippen LogP contribution is -2.25. The van der Waals surface area contributed by atoms with Crippen molar-refractivity contribution in [2.45, 2.75) is 31.8 Å². The van der Waals surface area contributed by atoms with E-state index in [9.17, 15) is 8.42 Å². The highest BCUT2D eigenvalue weighted by atomic mass is 35.5. The van der Waals surface area contributed by atoms with Crippen molar-refractivity contribution in [3.63, 3.8) is 0 Å². The Hall–Kier alpha value is -0.860. The number of halogens is 1. The summed E-state index contributed by atoms with van der Waals surface area (Å²) in [5.74, 6) is 1.01. The zero-order valence-electron chi connectivity index (χ0n) is 12.0. The Morgan fingerprint density at radius 2 is 1.95 bits per heavy atom. The molecule has 0 bridgehead atoms. The minimum Gasteiger partial charge on any atom is -0.465 e. The lowest BCUT2D eigenvalue weighted by molar-refractivity contribution is 0.493. The quantitative estimate of drug-likeness (QED) is 0.842. The first kappa shape index (κ1) is 16.5. The number of hydrogen-bond acceptors (Lipinski definition) is 5. The molecule has 0 unspecified atom stereocenters. The average Bonchev–Trinajstić information content (AvgIpc) is 2.92. The molecule has 2 aromatic rings. The largest absolute Gasteiger partial charge is 0.465 e. The van der Waals surface area contributed by atoms with Crippen LogP contribution in [-0.4, -0.2) is 15.5 Å². The van der Waals surface area contributed by atoms with Gasteiger partial charge in [-0.2, -0.15) is 0 Å². The summed E-state index contributed by atoms with van der Waals surface area (Å²) in [7, 11) is -1.87. The van der Waals surface area contributed by atoms with Gasteiger partial charge < -0.3 is 9.73 Å². The van der Waals surface area contributed by atoms with Crippen molar-refractivity contribution in [3.8, 4) is 0 Å². The Bertz CT molecular complexity index is 735. The number of sulfonamides is 1. The molecule has 0 aliphatic carbocycles. The van der Waals surface area contributed by atoms with Crippen LogP contribution in [0.4, 0.5) is 0 Å². The van der Waals surface area contributed by atoms with Gasteiger partial charge in [0.25, 0.3) is 0 Å². The minimum atomic E-state index is -3.63. The van der Waals surface area contributed by atoms with Crippen molar-refractivity contribution in [1.29, 1.82) is 0 Å². The molecule has 0 spiro atoms. The van der Waals surface area contributed by atoms with Gasteiger partial charge in [-0.05, 0) is 33.0 Å². The SMILES string of the molecule is CNCc1c(C)oc(C)c1S(=O)(=O)NCc1ccc(Cl)s1. The van der Waals surface area contributed by atoms with Crippen LogP contribution in [0.5, 0.6) is 0 Å². The summed E-state index contributed by atoms with van der Waals surface area (Å²) in [6.45, 7) is 4.06. The Morgan fingerprint density at radius 3 is 2.52 bits per heavy atom. The third-order valence-electron chi connectivity index (χ3n) is 3.01. The molecule has 116 valence electrons. The van der Waals surface area contributed by atoms with Crippen molar-refractivity contribution in [3.05, 3.63) is 38.4 Å². The first-order valence-electron chi connectivity index (χ1n) is 6.32. The maximum atomic E-state index is 12.5. The summed E-state index contributed by atoms with van der Waals surface area (Å²) in [6, 6.07) is 3.55. The molecule has 2 heterocycles. The van der Waals surface area contributed by atoms with E-state index in [1.54, 1.807) is 33.0 Å². The topological polar surface area (TPSA) is 71.3 Å². The molecule has 0 atom stereocenters. The minimum absolute atomic E-state index is 0.211. The molecule has 2 aromatic heterocycles. The van der Waals surface area contributed by atoms with Crippen LogP contribution >= 0.6 is 22.9 Å². The number of thiophene rings is 1. The Morgan fingerprint density at radius 1 is 1.24 bits per heavy atom. The molecular formula is C13H17ClN2O3S2. The standard InChI is InChI=1S/C13H17ClN2O3S2/c1-8-11(7-15-3)13(9(2)19-8)21(17,18)16-6-10-4-5-12(14)20-10/h4-5,15-16H,6-7H2,1-3H3. The first-order chi connectivity index (χ1) is 9.85. The molecule has 0 amide bonds. The lowest BCUT2D eigenvalue weighted by Gasteiger charge is -2.07. The highest BCUT2D eigenvalue weighted by Gasteiger charge is 2.26. The summed E-state index contributed by atoms with van der Waals surface area (Å²) >= 11 is 7.19. The van der Waals surface area contributed by atoms with Crippen LogP contribution in [0.2, 0.25) is 4.34 Å². The van der Waals surface area contributed by atoms with Gasteiger partial charge in [0.1, 0.15) is 16.4 Å². The summed E-state index contributed by atoms with van der Waals surface area (Å²) in [6.07, 6.45) is 0. The van der Waals surface area contributed by atoms with Crippen LogP contribution in [0, 0.1) is 13.8 Å². The summed E-state index contributed by atoms with van der Waals surface area (Å²) in [4.78, 5) is 1.08. The molecule has 2 rings (SSSR count). The van der Waals surface area contributed by atoms with E-state index in [2.05, 4.69) is 10.0 Å². The lowest BCUT2D eigenvalue weighted by atomic mass is 10.2. The van der Waals surface area contributed by atoms with Crippen LogP contribution in [0.15, 0.2) is 21.4 Å². The average molecular weight is 349 g/mol. The van der Waals surface area contributed by atoms with E-state index in [1.807, 2.05) is 0 Å². The summed E-state index contributed by atoms with van der Waals surface area (Å²) < 4.78 is 33.7. The van der Waals surface area contributed by atoms with Crippen LogP contribution in [0.1, 0.15) is 22.0 Å². The van der Waals surface area contributed by atoms with E-state index >= 15 is 0 Å². The predicted molar refractivity (Wildman–Crippen MR) is 84.3 cm³/mol. The smallest absolute Gasteiger partial charge is 0.244 e. The molecule has 0 aliphatic rings. The van der Waals surface area contributed by atoms with E-state index in [0.29, 0.717) is 28.0 Å². The number of furan rings is 1. The van der Waals surface area contributed by atoms with Crippen LogP contribution in [0.3, 0.4) is 0 Å². The Balaban J connectivity index is 2.27. The van der Waals surface area contributed by atoms with Crippen molar-refractivity contribution in [2.75, 3.05) is 7.05 Å². The van der Waals surface area contributed by atoms with E-state index in [0.717, 1.165) is 4.88 Å². The second-order valence-electron chi connectivity index (χ2n) is 4.58. The zero-order chi connectivity index (χ0) is 15.6. The number of aryl methyl sites for hydroxylation is 2. The van der Waals surface area contributed by atoms with Crippen LogP contribution in [0.25, 0.3) is 0 Å². The molecule has 0 radical (unpaired) electrons. The second kappa shape index (κ2) is 6.50. The van der Waals surface area contributed by atoms with Gasteiger partial charge in [0.15, 0.2) is 0 Å². The highest BCUT2D eigenvalue weighted by molar-refractivity contribution is 7.89. The van der Waals surface area contributed by atoms with E-state index < -0.39 is 10.0 Å². The van der Waals surface area contributed by atoms with E-state index in [4.69, 9.17) is 16.0 Å². The monoisotopic (exact) mass is 348 g/mol. The predicted octanol–water partition coefficient (Wildman–Crippen LogP) is 2.81. The number of hydrogen-bond donors (Lipinski definition) is 2. The molecule has 0 saturated heterocycles. The van der Waals surface area contributed by atoms with Gasteiger partial charge in [-0.15, -0.1) is 11.3 Å². The molecule has 0 aromatic carbocycles. The van der Waals surface area contributed by atoms with Crippen LogP contribution in [-0.2, 0) is 23.1 Å². The maximum absolute atomic E-state index is 12.5. The Kier molecular flexibility index (Phi) is 5.11. The van der Waals surface area contributed by atoms with Gasteiger partial charge in [0.05, 0.1) is 4.34 Å². The van der Waals surface area contributed by atoms with E-state index in [1.165, 1.54) is 11.3 Å². The van der Waals surface area contributed by atoms with Gasteiger partial charge in [-0.1, -0.05) is 11.6 Å². The molecular weight excluding hydrogens is 332 g/mol. The molecule has 2 N–H and O–H groups in total. The van der Waals surface area contributed by atoms with Crippen molar-refractivity contribution in [1.82, 2.24) is 10.0 Å². The van der Waals surface area contributed by atoms with Crippen molar-refractivity contribution >= 4 is 33.0 Å². The zero-order valence-corrected chi connectivity index (χ0v) is 14.4. The molecule has 8 heteroatoms. The fourth-order valence-corrected chi connectivity index (χ4v) is 4.70. The van der Waals surface area contributed by atoms with Crippen molar-refractivity contribution in [2.24, 2.45) is 0 Å². The fourth-order valence-electron chi connectivity index (χ4n) is 2.13. The molecule has 0 saturated carbocycles. The van der Waals surface area contributed by atoms with Gasteiger partial charge in [-0.25, -0.2) is 13.1 Å². The van der Waals surface area contributed by atoms with Gasteiger partial charge in [0.2, 0.25) is 10.0 Å². The normalized spacial score (nSPS) is 12.0. The number of nitrogens with one attached hydrogen (secondary N) is 2.